The highest BCUT2D eigenvalue weighted by Gasteiger charge is 2.20. The van der Waals surface area contributed by atoms with Gasteiger partial charge in [-0.1, -0.05) is 109 Å². The van der Waals surface area contributed by atoms with E-state index < -0.39 is 0 Å². The van der Waals surface area contributed by atoms with Crippen molar-refractivity contribution in [2.45, 2.75) is 0 Å². The van der Waals surface area contributed by atoms with Gasteiger partial charge in [-0.3, -0.25) is 0 Å². The summed E-state index contributed by atoms with van der Waals surface area (Å²) in [4.78, 5) is 20.1. The van der Waals surface area contributed by atoms with E-state index in [9.17, 15) is 0 Å². The van der Waals surface area contributed by atoms with Crippen LogP contribution in [0.2, 0.25) is 0 Å². The van der Waals surface area contributed by atoms with E-state index >= 15 is 0 Å². The first-order chi connectivity index (χ1) is 22.8. The Morgan fingerprint density at radius 2 is 0.957 bits per heavy atom. The molecular weight excluding hydrogens is 583 g/mol. The average molecular weight is 608 g/mol. The fraction of sp³-hybridized carbons (Fsp3) is 0. The lowest BCUT2D eigenvalue weighted by atomic mass is 10.1. The third-order valence-corrected chi connectivity index (χ3v) is 9.37. The molecule has 0 spiro atoms. The van der Waals surface area contributed by atoms with Gasteiger partial charge in [0.25, 0.3) is 0 Å². The molecule has 0 radical (unpaired) electrons. The Labute approximate surface area is 269 Å². The molecule has 0 aliphatic carbocycles. The highest BCUT2D eigenvalue weighted by atomic mass is 32.1. The smallest absolute Gasteiger partial charge is 0.164 e. The van der Waals surface area contributed by atoms with E-state index in [4.69, 9.17) is 19.9 Å². The van der Waals surface area contributed by atoms with Crippen molar-refractivity contribution in [1.82, 2.24) is 24.5 Å². The number of nitrogens with zero attached hydrogens (tertiary/aromatic N) is 5. The largest absolute Gasteiger partial charge is 0.309 e. The zero-order valence-corrected chi connectivity index (χ0v) is 25.4. The van der Waals surface area contributed by atoms with Crippen LogP contribution in [0.1, 0.15) is 0 Å². The fourth-order valence-electron chi connectivity index (χ4n) is 6.15. The van der Waals surface area contributed by atoms with Gasteiger partial charge < -0.3 is 4.57 Å². The highest BCUT2D eigenvalue weighted by molar-refractivity contribution is 7.21. The topological polar surface area (TPSA) is 56.5 Å². The quantitative estimate of drug-likeness (QED) is 0.195. The van der Waals surface area contributed by atoms with Crippen LogP contribution in [0.25, 0.3) is 82.4 Å². The molecule has 0 aliphatic heterocycles. The van der Waals surface area contributed by atoms with Gasteiger partial charge in [0.2, 0.25) is 0 Å². The molecule has 0 fully saturated rings. The third kappa shape index (κ3) is 4.47. The Morgan fingerprint density at radius 3 is 1.57 bits per heavy atom. The molecule has 5 nitrogen and oxygen atoms in total. The van der Waals surface area contributed by atoms with Crippen LogP contribution in [0.4, 0.5) is 0 Å². The number of para-hydroxylation sites is 3. The van der Waals surface area contributed by atoms with Crippen LogP contribution >= 0.6 is 11.3 Å². The minimum Gasteiger partial charge on any atom is -0.309 e. The summed E-state index contributed by atoms with van der Waals surface area (Å²) in [6.07, 6.45) is 0. The molecule has 9 aromatic rings. The van der Waals surface area contributed by atoms with Crippen molar-refractivity contribution in [2.75, 3.05) is 0 Å². The van der Waals surface area contributed by atoms with Crippen LogP contribution in [0, 0.1) is 0 Å². The third-order valence-electron chi connectivity index (χ3n) is 8.30. The van der Waals surface area contributed by atoms with Gasteiger partial charge in [0.05, 0.1) is 26.9 Å². The monoisotopic (exact) mass is 607 g/mol. The standard InChI is InChI=1S/C40H25N5S/c1-3-13-26(14-4-1)37-42-38(27-15-5-2-6-16-27)44-39(43-37)28-23-24-35(31(25-28)40-41-32-19-9-12-22-36(32)46-40)45-33-20-10-7-17-29(33)30-18-8-11-21-34(30)45/h1-25H. The minimum atomic E-state index is 0.615. The fourth-order valence-corrected chi connectivity index (χ4v) is 7.14. The van der Waals surface area contributed by atoms with Crippen molar-refractivity contribution in [3.8, 4) is 50.4 Å². The SMILES string of the molecule is c1ccc(-c2nc(-c3ccccc3)nc(-c3ccc(-n4c5ccccc5c5ccccc54)c(-c4nc5ccccc5s4)c3)n2)cc1. The van der Waals surface area contributed by atoms with Crippen LogP contribution in [-0.4, -0.2) is 24.5 Å². The van der Waals surface area contributed by atoms with E-state index in [0.29, 0.717) is 17.5 Å². The number of hydrogen-bond donors (Lipinski definition) is 0. The average Bonchev–Trinajstić information content (AvgIpc) is 3.72. The maximum atomic E-state index is 5.13. The van der Waals surface area contributed by atoms with Crippen LogP contribution in [0.5, 0.6) is 0 Å². The molecule has 0 aliphatic rings. The molecule has 0 saturated carbocycles. The molecule has 0 N–H and O–H groups in total. The molecule has 0 amide bonds. The molecule has 0 saturated heterocycles. The Balaban J connectivity index is 1.32. The van der Waals surface area contributed by atoms with E-state index in [1.807, 2.05) is 66.7 Å². The van der Waals surface area contributed by atoms with Crippen molar-refractivity contribution in [1.29, 1.82) is 0 Å². The van der Waals surface area contributed by atoms with E-state index in [0.717, 1.165) is 54.2 Å². The Kier molecular flexibility index (Phi) is 6.25. The molecule has 3 heterocycles. The second-order valence-electron chi connectivity index (χ2n) is 11.1. The van der Waals surface area contributed by atoms with Gasteiger partial charge in [0.15, 0.2) is 17.5 Å². The molecule has 9 rings (SSSR count). The second-order valence-corrected chi connectivity index (χ2v) is 12.2. The van der Waals surface area contributed by atoms with E-state index in [2.05, 4.69) is 89.5 Å². The van der Waals surface area contributed by atoms with Crippen LogP contribution in [-0.2, 0) is 0 Å². The van der Waals surface area contributed by atoms with Gasteiger partial charge >= 0.3 is 0 Å². The number of hydrogen-bond acceptors (Lipinski definition) is 5. The molecule has 6 aromatic carbocycles. The van der Waals surface area contributed by atoms with Crippen molar-refractivity contribution in [3.05, 3.63) is 152 Å². The number of benzene rings is 6. The zero-order chi connectivity index (χ0) is 30.5. The van der Waals surface area contributed by atoms with E-state index in [1.54, 1.807) is 11.3 Å². The number of fused-ring (bicyclic) bond motifs is 4. The summed E-state index contributed by atoms with van der Waals surface area (Å²) in [6.45, 7) is 0. The Bertz CT molecular complexity index is 2390. The highest BCUT2D eigenvalue weighted by Crippen LogP contribution is 2.40. The van der Waals surface area contributed by atoms with Crippen molar-refractivity contribution >= 4 is 43.4 Å². The zero-order valence-electron chi connectivity index (χ0n) is 24.6. The Morgan fingerprint density at radius 1 is 0.435 bits per heavy atom. The summed E-state index contributed by atoms with van der Waals surface area (Å²) in [5, 5.41) is 3.38. The summed E-state index contributed by atoms with van der Waals surface area (Å²) in [7, 11) is 0. The van der Waals surface area contributed by atoms with Gasteiger partial charge in [-0.2, -0.15) is 0 Å². The molecule has 46 heavy (non-hydrogen) atoms. The molecule has 6 heteroatoms. The summed E-state index contributed by atoms with van der Waals surface area (Å²) >= 11 is 1.70. The molecular formula is C40H25N5S. The predicted octanol–water partition coefficient (Wildman–Crippen LogP) is 10.2. The van der Waals surface area contributed by atoms with Crippen molar-refractivity contribution in [2.24, 2.45) is 0 Å². The molecule has 3 aromatic heterocycles. The first-order valence-electron chi connectivity index (χ1n) is 15.2. The number of rotatable bonds is 5. The maximum absolute atomic E-state index is 5.13. The second kappa shape index (κ2) is 10.9. The summed E-state index contributed by atoms with van der Waals surface area (Å²) in [5.41, 5.74) is 8.14. The summed E-state index contributed by atoms with van der Waals surface area (Å²) in [6, 6.07) is 52.1. The minimum absolute atomic E-state index is 0.615. The molecule has 216 valence electrons. The first kappa shape index (κ1) is 26.4. The Hall–Kier alpha value is -5.98. The van der Waals surface area contributed by atoms with Gasteiger partial charge in [0.1, 0.15) is 5.01 Å². The lowest BCUT2D eigenvalue weighted by Gasteiger charge is -2.14. The van der Waals surface area contributed by atoms with E-state index in [1.165, 1.54) is 10.8 Å². The van der Waals surface area contributed by atoms with Crippen LogP contribution in [0.15, 0.2) is 152 Å². The maximum Gasteiger partial charge on any atom is 0.164 e. The number of thiazole rings is 1. The number of aromatic nitrogens is 5. The van der Waals surface area contributed by atoms with Gasteiger partial charge in [-0.25, -0.2) is 19.9 Å². The first-order valence-corrected chi connectivity index (χ1v) is 16.0. The van der Waals surface area contributed by atoms with Crippen LogP contribution < -0.4 is 0 Å². The van der Waals surface area contributed by atoms with Gasteiger partial charge in [-0.05, 0) is 42.5 Å². The van der Waals surface area contributed by atoms with Gasteiger partial charge in [-0.15, -0.1) is 11.3 Å². The van der Waals surface area contributed by atoms with Gasteiger partial charge in [0, 0.05) is 33.0 Å². The molecule has 0 atom stereocenters. The van der Waals surface area contributed by atoms with Crippen molar-refractivity contribution < 1.29 is 0 Å². The molecule has 0 bridgehead atoms. The lowest BCUT2D eigenvalue weighted by molar-refractivity contribution is 1.07. The lowest BCUT2D eigenvalue weighted by Crippen LogP contribution is -2.02. The molecule has 0 unspecified atom stereocenters. The predicted molar refractivity (Wildman–Crippen MR) is 189 cm³/mol. The van der Waals surface area contributed by atoms with E-state index in [-0.39, 0.29) is 0 Å². The normalized spacial score (nSPS) is 11.5. The summed E-state index contributed by atoms with van der Waals surface area (Å²) < 4.78 is 3.50. The van der Waals surface area contributed by atoms with Crippen molar-refractivity contribution in [3.63, 3.8) is 0 Å². The van der Waals surface area contributed by atoms with Crippen LogP contribution in [0.3, 0.4) is 0 Å². The summed E-state index contributed by atoms with van der Waals surface area (Å²) in [5.74, 6) is 1.89.